The van der Waals surface area contributed by atoms with Gasteiger partial charge in [0.15, 0.2) is 0 Å². The molecule has 0 atom stereocenters. The molecule has 680 valence electrons. The van der Waals surface area contributed by atoms with E-state index in [2.05, 4.69) is 125 Å². The molecule has 0 saturated carbocycles. The van der Waals surface area contributed by atoms with Crippen LogP contribution in [0.25, 0.3) is 45.0 Å². The molecular formula is C92H72F12N20O4Os4. The first-order valence-electron chi connectivity index (χ1n) is 38.3. The van der Waals surface area contributed by atoms with Crippen LogP contribution in [0.1, 0.15) is 90.1 Å². The van der Waals surface area contributed by atoms with Gasteiger partial charge in [0.05, 0.1) is 19.8 Å². The molecule has 132 heavy (non-hydrogen) atoms. The van der Waals surface area contributed by atoms with Crippen LogP contribution in [-0.4, -0.2) is 100 Å². The van der Waals surface area contributed by atoms with Crippen LogP contribution in [0.3, 0.4) is 0 Å². The van der Waals surface area contributed by atoms with E-state index in [0.29, 0.717) is 29.4 Å². The zero-order valence-corrected chi connectivity index (χ0v) is 79.6. The van der Waals surface area contributed by atoms with Gasteiger partial charge in [0.2, 0.25) is 0 Å². The van der Waals surface area contributed by atoms with E-state index in [-0.39, 0.29) is 134 Å². The minimum Gasteiger partial charge on any atom is -0.540 e. The summed E-state index contributed by atoms with van der Waals surface area (Å²) < 4.78 is 168. The van der Waals surface area contributed by atoms with Gasteiger partial charge in [-0.3, -0.25) is 40.3 Å². The minimum absolute atomic E-state index is 0. The van der Waals surface area contributed by atoms with Gasteiger partial charge in [-0.05, 0) is 128 Å². The van der Waals surface area contributed by atoms with Crippen LogP contribution in [-0.2, 0) is 130 Å². The van der Waals surface area contributed by atoms with E-state index < -0.39 is 48.0 Å². The van der Waals surface area contributed by atoms with Crippen molar-refractivity contribution in [3.05, 3.63) is 392 Å². The zero-order valence-electron chi connectivity index (χ0n) is 69.4. The predicted octanol–water partition coefficient (Wildman–Crippen LogP) is 18.9. The van der Waals surface area contributed by atoms with E-state index in [4.69, 9.17) is 18.9 Å². The summed E-state index contributed by atoms with van der Waals surface area (Å²) in [7, 11) is 1.65. The maximum atomic E-state index is 12.2. The van der Waals surface area contributed by atoms with Gasteiger partial charge in [0.25, 0.3) is 0 Å². The first kappa shape index (κ1) is 108. The zero-order chi connectivity index (χ0) is 91.0. The molecular weight excluding hydrogens is 2440 g/mol. The van der Waals surface area contributed by atoms with Gasteiger partial charge in [-0.25, -0.2) is 0 Å². The van der Waals surface area contributed by atoms with Crippen LogP contribution < -0.4 is 39.3 Å². The second-order valence-corrected chi connectivity index (χ2v) is 25.9. The number of hydrogen-bond donors (Lipinski definition) is 0. The second-order valence-electron chi connectivity index (χ2n) is 25.9. The Morgan fingerprint density at radius 2 is 0.561 bits per heavy atom. The molecule has 0 spiro atoms. The number of rotatable bonds is 19. The molecule has 0 unspecified atom stereocenters. The third kappa shape index (κ3) is 36.3. The summed E-state index contributed by atoms with van der Waals surface area (Å²) in [6, 6.07) is 88.9. The fourth-order valence-corrected chi connectivity index (χ4v) is 10.6. The van der Waals surface area contributed by atoms with Crippen molar-refractivity contribution in [1.29, 1.82) is 0 Å². The van der Waals surface area contributed by atoms with Crippen molar-refractivity contribution in [3.8, 4) is 73.8 Å². The largest absolute Gasteiger partial charge is 2.00 e. The predicted molar refractivity (Wildman–Crippen MR) is 444 cm³/mol. The third-order valence-corrected chi connectivity index (χ3v) is 16.1. The SMILES string of the molecule is CC(C)Oc1ccc[c-]c1-c1ccccn1.CCOc1ccc[c-]c1-c1ccccn1.COc1ccc[c-]c1-c1ccccn1.FC(F)(F)c1n[n-]c(Cc2ccccn2)n1.FC(F)(F)c1n[n-]c(Cc2ccccn2)n1.FC(F)(F)c1n[n-]c(Cc2ccccn2)n1.FC(F)(F)c1n[n-]c(Cc2ccccn2)n1.[Os+2].[Os+2].[Os+2].[Os+2].[c-]1cccc(Oc2ccccc2)c1-c1ccccn1. The topological polar surface area (TPSA) is 300 Å². The average molecular weight is 2510 g/mol. The van der Waals surface area contributed by atoms with Gasteiger partial charge in [-0.1, -0.05) is 137 Å². The van der Waals surface area contributed by atoms with E-state index in [1.165, 1.54) is 0 Å². The molecule has 12 heterocycles. The number of hydrogen-bond acceptors (Lipinski definition) is 20. The van der Waals surface area contributed by atoms with Gasteiger partial charge >= 0.3 is 104 Å². The van der Waals surface area contributed by atoms with Gasteiger partial charge in [0.1, 0.15) is 29.0 Å². The molecule has 0 saturated heterocycles. The van der Waals surface area contributed by atoms with Crippen LogP contribution in [0.4, 0.5) is 52.7 Å². The molecule has 0 N–H and O–H groups in total. The van der Waals surface area contributed by atoms with Crippen LogP contribution in [0.2, 0.25) is 0 Å². The maximum absolute atomic E-state index is 12.2. The molecule has 0 radical (unpaired) electrons. The number of methoxy groups -OCH3 is 1. The number of alkyl halides is 12. The average Bonchev–Trinajstić information content (AvgIpc) is 1.63. The Balaban J connectivity index is 0.000000231. The van der Waals surface area contributed by atoms with Crippen LogP contribution >= 0.6 is 0 Å². The summed E-state index contributed by atoms with van der Waals surface area (Å²) in [5.74, 6) is -0.740. The van der Waals surface area contributed by atoms with E-state index in [9.17, 15) is 52.7 Å². The number of nitrogens with zero attached hydrogens (tertiary/aromatic N) is 20. The Hall–Kier alpha value is -13.2. The summed E-state index contributed by atoms with van der Waals surface area (Å²) >= 11 is 0. The van der Waals surface area contributed by atoms with Gasteiger partial charge < -0.3 is 79.2 Å². The Morgan fingerprint density at radius 3 is 0.818 bits per heavy atom. The van der Waals surface area contributed by atoms with Crippen LogP contribution in [0, 0.1) is 24.3 Å². The van der Waals surface area contributed by atoms with E-state index in [1.54, 1.807) is 129 Å². The first-order chi connectivity index (χ1) is 61.8. The number of ether oxygens (including phenoxy) is 4. The van der Waals surface area contributed by atoms with Crippen molar-refractivity contribution < 1.29 is 151 Å². The third-order valence-electron chi connectivity index (χ3n) is 16.1. The first-order valence-corrected chi connectivity index (χ1v) is 38.3. The van der Waals surface area contributed by atoms with Gasteiger partial charge in [-0.2, -0.15) is 52.7 Å². The molecule has 0 aliphatic heterocycles. The number of pyridine rings is 8. The standard InChI is InChI=1S/C17H12NO.C14H14NO.C13H12NO.C12H10NO.4C9H6F3N4.4Os/c1-2-8-14(9-3-1)19-17-12-5-4-10-15(17)16-11-6-7-13-18-16;1-11(2)16-14-9-4-3-7-12(14)13-8-5-6-10-15-13;1-2-15-13-9-4-3-7-11(13)12-8-5-6-10-14-12;1-14-12-8-3-2-6-10(12)11-7-4-5-9-13-11;4*10-9(11,12)8-14-7(15-16-8)5-6-3-1-2-4-13-6;;;;/h1-9,11-13H;3-6,8-11H,1-2H3;3-6,8-10H,2H2,1H3;2-5,7-9H,1H3;4*1-4H,5H2;;;;/q8*-1;4*+2. The van der Waals surface area contributed by atoms with Crippen molar-refractivity contribution in [2.75, 3.05) is 13.7 Å². The van der Waals surface area contributed by atoms with E-state index in [0.717, 1.165) is 73.8 Å². The summed E-state index contributed by atoms with van der Waals surface area (Å²) in [6.45, 7) is 6.64. The number of halogens is 12. The monoisotopic (exact) mass is 2520 g/mol. The molecule has 17 rings (SSSR count). The summed E-state index contributed by atoms with van der Waals surface area (Å²) in [6.07, 6.45) is -4.19. The van der Waals surface area contributed by atoms with E-state index >= 15 is 0 Å². The molecule has 0 bridgehead atoms. The fraction of sp³-hybridized carbons (Fsp3) is 0.152. The summed E-state index contributed by atoms with van der Waals surface area (Å²) in [5, 5.41) is 25.3. The van der Waals surface area contributed by atoms with Crippen molar-refractivity contribution in [3.63, 3.8) is 0 Å². The number of para-hydroxylation sites is 1. The molecule has 0 aliphatic carbocycles. The van der Waals surface area contributed by atoms with Crippen molar-refractivity contribution in [2.45, 2.75) is 77.3 Å². The molecule has 0 aliphatic rings. The maximum Gasteiger partial charge on any atom is 2.00 e. The summed E-state index contributed by atoms with van der Waals surface area (Å²) in [4.78, 5) is 46.2. The van der Waals surface area contributed by atoms with Crippen LogP contribution in [0.5, 0.6) is 28.7 Å². The Labute approximate surface area is 802 Å². The van der Waals surface area contributed by atoms with Crippen molar-refractivity contribution in [2.24, 2.45) is 0 Å². The molecule has 17 aromatic rings. The Bertz CT molecular complexity index is 5690. The van der Waals surface area contributed by atoms with Crippen molar-refractivity contribution in [1.82, 2.24) is 101 Å². The quantitative estimate of drug-likeness (QED) is 0.0536. The second kappa shape index (κ2) is 55.1. The Kier molecular flexibility index (Phi) is 44.9. The number of benzene rings is 5. The molecule has 12 aromatic heterocycles. The Morgan fingerprint density at radius 1 is 0.303 bits per heavy atom. The molecule has 0 amide bonds. The number of aromatic nitrogens is 20. The fourth-order valence-electron chi connectivity index (χ4n) is 10.6. The molecule has 5 aromatic carbocycles. The van der Waals surface area contributed by atoms with Gasteiger partial charge in [-0.15, -0.1) is 97.1 Å². The molecule has 40 heteroatoms. The molecule has 24 nitrogen and oxygen atoms in total. The smallest absolute Gasteiger partial charge is 0.540 e. The van der Waals surface area contributed by atoms with Crippen molar-refractivity contribution >= 4 is 0 Å². The normalized spacial score (nSPS) is 10.6. The summed E-state index contributed by atoms with van der Waals surface area (Å²) in [5.41, 5.74) is 9.51. The van der Waals surface area contributed by atoms with Gasteiger partial charge in [0, 0.05) is 121 Å². The minimum atomic E-state index is -4.55. The molecule has 0 fully saturated rings. The van der Waals surface area contributed by atoms with E-state index in [1.807, 2.05) is 197 Å². The van der Waals surface area contributed by atoms with Crippen LogP contribution in [0.15, 0.2) is 298 Å².